The van der Waals surface area contributed by atoms with E-state index < -0.39 is 0 Å². The molecular weight excluding hydrogens is 184 g/mol. The Kier molecular flexibility index (Phi) is 4.04. The molecule has 1 aliphatic heterocycles. The van der Waals surface area contributed by atoms with Crippen LogP contribution in [0.15, 0.2) is 0 Å². The third-order valence-electron chi connectivity index (χ3n) is 3.91. The average Bonchev–Trinajstić information content (AvgIpc) is 2.91. The maximum Gasteiger partial charge on any atom is 0.00988 e. The van der Waals surface area contributed by atoms with E-state index in [9.17, 15) is 0 Å². The highest BCUT2D eigenvalue weighted by atomic mass is 15.0. The number of nitrogens with one attached hydrogen (secondary N) is 2. The van der Waals surface area contributed by atoms with Crippen molar-refractivity contribution < 1.29 is 0 Å². The average molecular weight is 210 g/mol. The summed E-state index contributed by atoms with van der Waals surface area (Å²) in [6.45, 7) is 5.92. The van der Waals surface area contributed by atoms with Gasteiger partial charge in [-0.05, 0) is 45.1 Å². The van der Waals surface area contributed by atoms with Gasteiger partial charge in [0.25, 0.3) is 0 Å². The molecule has 2 heteroatoms. The van der Waals surface area contributed by atoms with E-state index in [1.54, 1.807) is 0 Å². The predicted molar refractivity (Wildman–Crippen MR) is 65.0 cm³/mol. The van der Waals surface area contributed by atoms with E-state index in [-0.39, 0.29) is 0 Å². The summed E-state index contributed by atoms with van der Waals surface area (Å²) in [6, 6.07) is 2.28. The van der Waals surface area contributed by atoms with Gasteiger partial charge in [-0.25, -0.2) is 0 Å². The zero-order chi connectivity index (χ0) is 10.7. The SMILES string of the molecule is CC(CC1CCCCCN1)NC1CC1C. The molecule has 1 heterocycles. The van der Waals surface area contributed by atoms with Gasteiger partial charge in [-0.2, -0.15) is 0 Å². The molecule has 0 aromatic heterocycles. The molecule has 1 saturated carbocycles. The fourth-order valence-electron chi connectivity index (χ4n) is 2.72. The quantitative estimate of drug-likeness (QED) is 0.744. The van der Waals surface area contributed by atoms with Gasteiger partial charge in [-0.15, -0.1) is 0 Å². The Balaban J connectivity index is 1.65. The molecule has 2 fully saturated rings. The van der Waals surface area contributed by atoms with Crippen LogP contribution in [0.4, 0.5) is 0 Å². The number of hydrogen-bond donors (Lipinski definition) is 2. The van der Waals surface area contributed by atoms with E-state index >= 15 is 0 Å². The smallest absolute Gasteiger partial charge is 0.00988 e. The Bertz CT molecular complexity index is 185. The second-order valence-corrected chi connectivity index (χ2v) is 5.62. The summed E-state index contributed by atoms with van der Waals surface area (Å²) in [5, 5.41) is 7.41. The van der Waals surface area contributed by atoms with Gasteiger partial charge in [0, 0.05) is 18.1 Å². The van der Waals surface area contributed by atoms with Crippen molar-refractivity contribution in [1.82, 2.24) is 10.6 Å². The highest BCUT2D eigenvalue weighted by Crippen LogP contribution is 2.29. The van der Waals surface area contributed by atoms with E-state index in [0.29, 0.717) is 6.04 Å². The molecule has 0 radical (unpaired) electrons. The van der Waals surface area contributed by atoms with Gasteiger partial charge in [0.05, 0.1) is 0 Å². The fourth-order valence-corrected chi connectivity index (χ4v) is 2.72. The highest BCUT2D eigenvalue weighted by molar-refractivity contribution is 4.92. The molecule has 4 atom stereocenters. The third kappa shape index (κ3) is 3.76. The lowest BCUT2D eigenvalue weighted by molar-refractivity contribution is 0.398. The van der Waals surface area contributed by atoms with Crippen molar-refractivity contribution in [3.05, 3.63) is 0 Å². The van der Waals surface area contributed by atoms with E-state index in [1.165, 1.54) is 45.1 Å². The van der Waals surface area contributed by atoms with Crippen LogP contribution in [0.2, 0.25) is 0 Å². The molecule has 2 nitrogen and oxygen atoms in total. The van der Waals surface area contributed by atoms with Crippen LogP contribution in [-0.4, -0.2) is 24.7 Å². The molecule has 0 aromatic carbocycles. The predicted octanol–water partition coefficient (Wildman–Crippen LogP) is 2.30. The van der Waals surface area contributed by atoms with Crippen molar-refractivity contribution >= 4 is 0 Å². The lowest BCUT2D eigenvalue weighted by Crippen LogP contribution is -2.38. The molecule has 2 rings (SSSR count). The summed E-state index contributed by atoms with van der Waals surface area (Å²) in [4.78, 5) is 0. The first-order valence-corrected chi connectivity index (χ1v) is 6.75. The molecule has 4 unspecified atom stereocenters. The van der Waals surface area contributed by atoms with Crippen molar-refractivity contribution in [2.24, 2.45) is 5.92 Å². The Morgan fingerprint density at radius 1 is 1.33 bits per heavy atom. The van der Waals surface area contributed by atoms with Gasteiger partial charge in [0.15, 0.2) is 0 Å². The summed E-state index contributed by atoms with van der Waals surface area (Å²) in [5.74, 6) is 0.926. The summed E-state index contributed by atoms with van der Waals surface area (Å²) in [7, 11) is 0. The zero-order valence-corrected chi connectivity index (χ0v) is 10.3. The minimum atomic E-state index is 0.690. The monoisotopic (exact) mass is 210 g/mol. The minimum absolute atomic E-state index is 0.690. The Hall–Kier alpha value is -0.0800. The Labute approximate surface area is 94.2 Å². The lowest BCUT2D eigenvalue weighted by Gasteiger charge is -2.21. The Morgan fingerprint density at radius 3 is 2.87 bits per heavy atom. The van der Waals surface area contributed by atoms with E-state index in [1.807, 2.05) is 0 Å². The van der Waals surface area contributed by atoms with Gasteiger partial charge < -0.3 is 10.6 Å². The van der Waals surface area contributed by atoms with Crippen molar-refractivity contribution in [3.8, 4) is 0 Å². The summed E-state index contributed by atoms with van der Waals surface area (Å²) in [5.41, 5.74) is 0. The van der Waals surface area contributed by atoms with Crippen LogP contribution in [0.5, 0.6) is 0 Å². The molecule has 0 bridgehead atoms. The van der Waals surface area contributed by atoms with Crippen LogP contribution in [0.25, 0.3) is 0 Å². The van der Waals surface area contributed by atoms with Gasteiger partial charge in [0.2, 0.25) is 0 Å². The van der Waals surface area contributed by atoms with Crippen LogP contribution in [0.1, 0.15) is 52.4 Å². The van der Waals surface area contributed by atoms with Crippen LogP contribution in [0.3, 0.4) is 0 Å². The van der Waals surface area contributed by atoms with Crippen LogP contribution >= 0.6 is 0 Å². The van der Waals surface area contributed by atoms with E-state index in [2.05, 4.69) is 24.5 Å². The molecule has 0 spiro atoms. The normalized spacial score (nSPS) is 38.4. The van der Waals surface area contributed by atoms with Gasteiger partial charge in [-0.3, -0.25) is 0 Å². The summed E-state index contributed by atoms with van der Waals surface area (Å²) in [6.07, 6.45) is 8.30. The molecule has 15 heavy (non-hydrogen) atoms. The van der Waals surface area contributed by atoms with E-state index in [0.717, 1.165) is 18.0 Å². The van der Waals surface area contributed by atoms with Crippen molar-refractivity contribution in [2.75, 3.05) is 6.54 Å². The third-order valence-corrected chi connectivity index (χ3v) is 3.91. The molecular formula is C13H26N2. The van der Waals surface area contributed by atoms with Gasteiger partial charge in [-0.1, -0.05) is 19.8 Å². The number of hydrogen-bond acceptors (Lipinski definition) is 2. The zero-order valence-electron chi connectivity index (χ0n) is 10.3. The molecule has 2 N–H and O–H groups in total. The minimum Gasteiger partial charge on any atom is -0.314 e. The first-order chi connectivity index (χ1) is 7.25. The standard InChI is InChI=1S/C13H26N2/c1-10-8-13(10)15-11(2)9-12-6-4-3-5-7-14-12/h10-15H,3-9H2,1-2H3. The van der Waals surface area contributed by atoms with Gasteiger partial charge >= 0.3 is 0 Å². The van der Waals surface area contributed by atoms with E-state index in [4.69, 9.17) is 0 Å². The van der Waals surface area contributed by atoms with Crippen LogP contribution in [0, 0.1) is 5.92 Å². The molecule has 1 aliphatic carbocycles. The first kappa shape index (κ1) is 11.4. The Morgan fingerprint density at radius 2 is 2.13 bits per heavy atom. The summed E-state index contributed by atoms with van der Waals surface area (Å²) >= 11 is 0. The fraction of sp³-hybridized carbons (Fsp3) is 1.00. The molecule has 1 saturated heterocycles. The molecule has 88 valence electrons. The second-order valence-electron chi connectivity index (χ2n) is 5.62. The molecule has 0 aromatic rings. The highest BCUT2D eigenvalue weighted by Gasteiger charge is 2.33. The number of rotatable bonds is 4. The lowest BCUT2D eigenvalue weighted by atomic mass is 10.0. The summed E-state index contributed by atoms with van der Waals surface area (Å²) < 4.78 is 0. The van der Waals surface area contributed by atoms with Crippen molar-refractivity contribution in [1.29, 1.82) is 0 Å². The second kappa shape index (κ2) is 5.31. The molecule has 0 amide bonds. The largest absolute Gasteiger partial charge is 0.314 e. The molecule has 2 aliphatic rings. The van der Waals surface area contributed by atoms with Crippen LogP contribution < -0.4 is 10.6 Å². The van der Waals surface area contributed by atoms with Crippen LogP contribution in [-0.2, 0) is 0 Å². The topological polar surface area (TPSA) is 24.1 Å². The van der Waals surface area contributed by atoms with Crippen molar-refractivity contribution in [2.45, 2.75) is 70.5 Å². The van der Waals surface area contributed by atoms with Gasteiger partial charge in [0.1, 0.15) is 0 Å². The maximum atomic E-state index is 3.73. The first-order valence-electron chi connectivity index (χ1n) is 6.75. The maximum absolute atomic E-state index is 3.73. The van der Waals surface area contributed by atoms with Crippen molar-refractivity contribution in [3.63, 3.8) is 0 Å².